The fourth-order valence-corrected chi connectivity index (χ4v) is 3.16. The van der Waals surface area contributed by atoms with E-state index in [1.54, 1.807) is 0 Å². The van der Waals surface area contributed by atoms with Crippen LogP contribution in [0.1, 0.15) is 5.56 Å². The quantitative estimate of drug-likeness (QED) is 0.571. The number of amides is 2. The molecule has 0 radical (unpaired) electrons. The van der Waals surface area contributed by atoms with Gasteiger partial charge in [-0.15, -0.1) is 6.58 Å². The number of benzene rings is 1. The zero-order valence-corrected chi connectivity index (χ0v) is 14.7. The van der Waals surface area contributed by atoms with Crippen LogP contribution in [0.4, 0.5) is 4.79 Å². The lowest BCUT2D eigenvalue weighted by Gasteiger charge is -2.12. The van der Waals surface area contributed by atoms with Crippen molar-refractivity contribution < 1.29 is 29.0 Å². The van der Waals surface area contributed by atoms with Crippen molar-refractivity contribution in [3.05, 3.63) is 40.3 Å². The Balaban J connectivity index is 2.33. The van der Waals surface area contributed by atoms with Gasteiger partial charge in [0.25, 0.3) is 11.1 Å². The van der Waals surface area contributed by atoms with E-state index in [9.17, 15) is 14.4 Å². The molecule has 0 aliphatic carbocycles. The minimum absolute atomic E-state index is 0.0866. The number of methoxy groups -OCH3 is 1. The summed E-state index contributed by atoms with van der Waals surface area (Å²) in [5, 5.41) is 8.44. The molecule has 0 spiro atoms. The van der Waals surface area contributed by atoms with Gasteiger partial charge in [0, 0.05) is 6.54 Å². The molecule has 132 valence electrons. The number of hydrogen-bond acceptors (Lipinski definition) is 6. The van der Waals surface area contributed by atoms with Crippen LogP contribution in [0.5, 0.6) is 11.5 Å². The molecule has 1 heterocycles. The van der Waals surface area contributed by atoms with Crippen molar-refractivity contribution in [2.45, 2.75) is 0 Å². The third-order valence-corrected chi connectivity index (χ3v) is 4.26. The Morgan fingerprint density at radius 2 is 2.16 bits per heavy atom. The lowest BCUT2D eigenvalue weighted by molar-refractivity contribution is -0.139. The summed E-state index contributed by atoms with van der Waals surface area (Å²) in [6.45, 7) is 3.07. The van der Waals surface area contributed by atoms with E-state index in [1.165, 1.54) is 31.4 Å². The van der Waals surface area contributed by atoms with E-state index in [1.807, 2.05) is 0 Å². The van der Waals surface area contributed by atoms with Gasteiger partial charge in [0.2, 0.25) is 0 Å². The van der Waals surface area contributed by atoms with Crippen molar-refractivity contribution >= 4 is 46.6 Å². The highest BCUT2D eigenvalue weighted by Crippen LogP contribution is 2.38. The molecule has 0 unspecified atom stereocenters. The summed E-state index contributed by atoms with van der Waals surface area (Å²) >= 11 is 6.93. The molecule has 1 aliphatic rings. The van der Waals surface area contributed by atoms with Crippen molar-refractivity contribution in [3.8, 4) is 11.5 Å². The first-order chi connectivity index (χ1) is 11.9. The van der Waals surface area contributed by atoms with Gasteiger partial charge >= 0.3 is 5.97 Å². The number of thioether (sulfide) groups is 1. The maximum absolute atomic E-state index is 12.2. The SMILES string of the molecule is C=CCN1C(=O)S/C(=C\c2cc(Cl)c(OCC(=O)O)c(OC)c2)C1=O. The second-order valence-corrected chi connectivity index (χ2v) is 6.20. The molecule has 7 nitrogen and oxygen atoms in total. The van der Waals surface area contributed by atoms with Gasteiger partial charge in [-0.3, -0.25) is 14.5 Å². The molecular formula is C16H14ClNO6S. The van der Waals surface area contributed by atoms with E-state index < -0.39 is 18.5 Å². The molecule has 1 aromatic rings. The summed E-state index contributed by atoms with van der Waals surface area (Å²) in [5.74, 6) is -1.27. The number of nitrogens with zero attached hydrogens (tertiary/aromatic N) is 1. The van der Waals surface area contributed by atoms with Crippen LogP contribution in [-0.2, 0) is 9.59 Å². The Bertz CT molecular complexity index is 776. The second-order valence-electron chi connectivity index (χ2n) is 4.80. The number of carbonyl (C=O) groups excluding carboxylic acids is 2. The molecule has 0 aromatic heterocycles. The van der Waals surface area contributed by atoms with Crippen LogP contribution in [0.25, 0.3) is 6.08 Å². The number of aliphatic carboxylic acids is 1. The molecule has 0 saturated carbocycles. The van der Waals surface area contributed by atoms with Gasteiger partial charge in [0.1, 0.15) is 0 Å². The molecule has 2 amide bonds. The first kappa shape index (κ1) is 18.9. The fourth-order valence-electron chi connectivity index (χ4n) is 2.03. The largest absolute Gasteiger partial charge is 0.493 e. The molecule has 1 aliphatic heterocycles. The van der Waals surface area contributed by atoms with E-state index >= 15 is 0 Å². The van der Waals surface area contributed by atoms with Gasteiger partial charge in [-0.05, 0) is 35.5 Å². The van der Waals surface area contributed by atoms with Crippen molar-refractivity contribution in [2.75, 3.05) is 20.3 Å². The summed E-state index contributed by atoms with van der Waals surface area (Å²) in [7, 11) is 1.38. The minimum Gasteiger partial charge on any atom is -0.493 e. The Kier molecular flexibility index (Phi) is 6.11. The zero-order chi connectivity index (χ0) is 18.6. The van der Waals surface area contributed by atoms with Crippen LogP contribution < -0.4 is 9.47 Å². The van der Waals surface area contributed by atoms with E-state index in [4.69, 9.17) is 26.2 Å². The highest BCUT2D eigenvalue weighted by Gasteiger charge is 2.34. The number of hydrogen-bond donors (Lipinski definition) is 1. The molecule has 25 heavy (non-hydrogen) atoms. The molecule has 1 fully saturated rings. The Morgan fingerprint density at radius 3 is 2.76 bits per heavy atom. The predicted molar refractivity (Wildman–Crippen MR) is 94.0 cm³/mol. The standard InChI is InChI=1S/C16H14ClNO6S/c1-3-4-18-15(21)12(25-16(18)22)7-9-5-10(17)14(11(6-9)23-2)24-8-13(19)20/h3,5-7H,1,4,8H2,2H3,(H,19,20)/b12-7-. The molecule has 1 N–H and O–H groups in total. The van der Waals surface area contributed by atoms with Gasteiger partial charge in [-0.2, -0.15) is 0 Å². The predicted octanol–water partition coefficient (Wildman–Crippen LogP) is 3.03. The smallest absolute Gasteiger partial charge is 0.341 e. The number of imide groups is 1. The minimum atomic E-state index is -1.15. The third kappa shape index (κ3) is 4.34. The maximum atomic E-state index is 12.2. The van der Waals surface area contributed by atoms with Crippen molar-refractivity contribution in [2.24, 2.45) is 0 Å². The summed E-state index contributed by atoms with van der Waals surface area (Å²) in [6, 6.07) is 3.02. The monoisotopic (exact) mass is 383 g/mol. The molecule has 2 rings (SSSR count). The fraction of sp³-hybridized carbons (Fsp3) is 0.188. The van der Waals surface area contributed by atoms with Crippen molar-refractivity contribution in [1.82, 2.24) is 4.90 Å². The van der Waals surface area contributed by atoms with E-state index in [0.717, 1.165) is 16.7 Å². The first-order valence-corrected chi connectivity index (χ1v) is 8.15. The highest BCUT2D eigenvalue weighted by atomic mass is 35.5. The van der Waals surface area contributed by atoms with Crippen LogP contribution in [0.3, 0.4) is 0 Å². The summed E-state index contributed by atoms with van der Waals surface area (Å²) < 4.78 is 10.3. The van der Waals surface area contributed by atoms with Gasteiger partial charge in [0.15, 0.2) is 18.1 Å². The maximum Gasteiger partial charge on any atom is 0.341 e. The molecule has 0 bridgehead atoms. The first-order valence-electron chi connectivity index (χ1n) is 6.95. The molecule has 0 atom stereocenters. The van der Waals surface area contributed by atoms with Crippen LogP contribution >= 0.6 is 23.4 Å². The molecule has 9 heteroatoms. The summed E-state index contributed by atoms with van der Waals surface area (Å²) in [4.78, 5) is 36.0. The van der Waals surface area contributed by atoms with E-state index in [2.05, 4.69) is 6.58 Å². The number of carbonyl (C=O) groups is 3. The Labute approximate surface area is 152 Å². The number of rotatable bonds is 7. The van der Waals surface area contributed by atoms with E-state index in [0.29, 0.717) is 5.56 Å². The van der Waals surface area contributed by atoms with Gasteiger partial charge in [0.05, 0.1) is 17.0 Å². The second kappa shape index (κ2) is 8.09. The van der Waals surface area contributed by atoms with Crippen LogP contribution in [0.2, 0.25) is 5.02 Å². The average molecular weight is 384 g/mol. The lowest BCUT2D eigenvalue weighted by Crippen LogP contribution is -2.27. The highest BCUT2D eigenvalue weighted by molar-refractivity contribution is 8.18. The zero-order valence-electron chi connectivity index (χ0n) is 13.2. The van der Waals surface area contributed by atoms with Gasteiger partial charge in [-0.1, -0.05) is 17.7 Å². The molecule has 1 saturated heterocycles. The van der Waals surface area contributed by atoms with Crippen LogP contribution in [-0.4, -0.2) is 47.4 Å². The summed E-state index contributed by atoms with van der Waals surface area (Å²) in [5.41, 5.74) is 0.508. The number of ether oxygens (including phenoxy) is 2. The van der Waals surface area contributed by atoms with Crippen molar-refractivity contribution in [3.63, 3.8) is 0 Å². The van der Waals surface area contributed by atoms with Gasteiger partial charge < -0.3 is 14.6 Å². The molecule has 1 aromatic carbocycles. The Morgan fingerprint density at radius 1 is 1.44 bits per heavy atom. The van der Waals surface area contributed by atoms with Crippen molar-refractivity contribution in [1.29, 1.82) is 0 Å². The normalized spacial score (nSPS) is 15.6. The lowest BCUT2D eigenvalue weighted by atomic mass is 10.1. The molecular weight excluding hydrogens is 370 g/mol. The number of carboxylic acid groups (broad SMARTS) is 1. The Hall–Kier alpha value is -2.45. The summed E-state index contributed by atoms with van der Waals surface area (Å²) in [6.07, 6.45) is 2.97. The number of halogens is 1. The van der Waals surface area contributed by atoms with Gasteiger partial charge in [-0.25, -0.2) is 4.79 Å². The van der Waals surface area contributed by atoms with Crippen LogP contribution in [0, 0.1) is 0 Å². The van der Waals surface area contributed by atoms with Crippen LogP contribution in [0.15, 0.2) is 29.7 Å². The third-order valence-electron chi connectivity index (χ3n) is 3.07. The number of carboxylic acids is 1. The topological polar surface area (TPSA) is 93.1 Å². The average Bonchev–Trinajstić information content (AvgIpc) is 2.81. The van der Waals surface area contributed by atoms with E-state index in [-0.39, 0.29) is 33.2 Å².